The summed E-state index contributed by atoms with van der Waals surface area (Å²) in [5, 5.41) is 8.24. The molecule has 0 aliphatic rings. The van der Waals surface area contributed by atoms with Crippen LogP contribution in [0.2, 0.25) is 0 Å². The summed E-state index contributed by atoms with van der Waals surface area (Å²) in [6.07, 6.45) is 4.51. The van der Waals surface area contributed by atoms with Gasteiger partial charge in [0, 0.05) is 11.4 Å². The van der Waals surface area contributed by atoms with Crippen LogP contribution in [-0.4, -0.2) is 11.4 Å². The highest BCUT2D eigenvalue weighted by atomic mass is 15.2. The molecule has 0 aromatic heterocycles. The smallest absolute Gasteiger partial charge is 0.0375 e. The fourth-order valence-electron chi connectivity index (χ4n) is 0.724. The number of hydrogen-bond donors (Lipinski definition) is 0. The first-order chi connectivity index (χ1) is 5.70. The first-order valence-electron chi connectivity index (χ1n) is 4.77. The molecule has 0 aromatic carbocycles. The van der Waals surface area contributed by atoms with Crippen molar-refractivity contribution in [2.75, 3.05) is 0 Å². The number of unbranched alkanes of at least 4 members (excludes halogenated alkanes) is 1. The van der Waals surface area contributed by atoms with Crippen LogP contribution in [0.3, 0.4) is 0 Å². The van der Waals surface area contributed by atoms with Crippen molar-refractivity contribution >= 4 is 11.4 Å². The fraction of sp³-hybridized carbons (Fsp3) is 0.800. The highest BCUT2D eigenvalue weighted by Gasteiger charge is 1.89. The van der Waals surface area contributed by atoms with Gasteiger partial charge in [0.25, 0.3) is 0 Å². The lowest BCUT2D eigenvalue weighted by molar-refractivity contribution is 0.830. The van der Waals surface area contributed by atoms with E-state index in [9.17, 15) is 0 Å². The highest BCUT2D eigenvalue weighted by molar-refractivity contribution is 5.85. The Kier molecular flexibility index (Phi) is 6.63. The van der Waals surface area contributed by atoms with E-state index >= 15 is 0 Å². The zero-order valence-electron chi connectivity index (χ0n) is 8.72. The Labute approximate surface area is 75.8 Å². The third-order valence-electron chi connectivity index (χ3n) is 1.80. The topological polar surface area (TPSA) is 24.7 Å². The summed E-state index contributed by atoms with van der Waals surface area (Å²) in [6.45, 7) is 8.34. The van der Waals surface area contributed by atoms with Gasteiger partial charge >= 0.3 is 0 Å². The van der Waals surface area contributed by atoms with Gasteiger partial charge in [0.2, 0.25) is 0 Å². The second-order valence-corrected chi connectivity index (χ2v) is 3.13. The lowest BCUT2D eigenvalue weighted by Gasteiger charge is -1.95. The van der Waals surface area contributed by atoms with Crippen molar-refractivity contribution in [3.63, 3.8) is 0 Å². The second kappa shape index (κ2) is 7.01. The molecular formula is C10H20N2. The Morgan fingerprint density at radius 3 is 2.08 bits per heavy atom. The Bertz CT molecular complexity index is 169. The third-order valence-corrected chi connectivity index (χ3v) is 1.80. The lowest BCUT2D eigenvalue weighted by Crippen LogP contribution is -1.91. The minimum Gasteiger partial charge on any atom is -0.161 e. The van der Waals surface area contributed by atoms with Crippen LogP contribution in [0.1, 0.15) is 53.4 Å². The summed E-state index contributed by atoms with van der Waals surface area (Å²) in [5.74, 6) is 0. The maximum absolute atomic E-state index is 4.14. The van der Waals surface area contributed by atoms with E-state index in [0.29, 0.717) is 0 Å². The molecule has 2 heteroatoms. The molecule has 0 saturated heterocycles. The maximum atomic E-state index is 4.14. The Hall–Kier alpha value is -0.660. The molecule has 0 radical (unpaired) electrons. The van der Waals surface area contributed by atoms with Crippen molar-refractivity contribution in [2.45, 2.75) is 53.4 Å². The van der Waals surface area contributed by atoms with E-state index in [1.807, 2.05) is 13.8 Å². The van der Waals surface area contributed by atoms with Crippen LogP contribution in [-0.2, 0) is 0 Å². The molecule has 0 amide bonds. The maximum Gasteiger partial charge on any atom is 0.0375 e. The summed E-state index contributed by atoms with van der Waals surface area (Å²) in [4.78, 5) is 0. The summed E-state index contributed by atoms with van der Waals surface area (Å²) in [6, 6.07) is 0. The Morgan fingerprint density at radius 1 is 1.00 bits per heavy atom. The van der Waals surface area contributed by atoms with Crippen LogP contribution in [0.5, 0.6) is 0 Å². The van der Waals surface area contributed by atoms with Crippen LogP contribution in [0.15, 0.2) is 10.2 Å². The molecule has 0 spiro atoms. The fourth-order valence-corrected chi connectivity index (χ4v) is 0.724. The molecule has 2 nitrogen and oxygen atoms in total. The minimum atomic E-state index is 0.991. The lowest BCUT2D eigenvalue weighted by atomic mass is 10.2. The zero-order chi connectivity index (χ0) is 9.40. The van der Waals surface area contributed by atoms with Crippen LogP contribution in [0.4, 0.5) is 0 Å². The predicted molar refractivity (Wildman–Crippen MR) is 56.0 cm³/mol. The molecule has 0 N–H and O–H groups in total. The molecule has 0 aliphatic heterocycles. The SMILES string of the molecule is CCCC/C(C)=N\N=C(/C)CC. The van der Waals surface area contributed by atoms with Gasteiger partial charge in [0.15, 0.2) is 0 Å². The molecule has 70 valence electrons. The Balaban J connectivity index is 3.82. The monoisotopic (exact) mass is 168 g/mol. The molecule has 0 heterocycles. The van der Waals surface area contributed by atoms with E-state index in [1.165, 1.54) is 12.8 Å². The molecule has 0 atom stereocenters. The molecule has 0 bridgehead atoms. The van der Waals surface area contributed by atoms with Crippen molar-refractivity contribution in [2.24, 2.45) is 10.2 Å². The molecular weight excluding hydrogens is 148 g/mol. The summed E-state index contributed by atoms with van der Waals surface area (Å²) < 4.78 is 0. The predicted octanol–water partition coefficient (Wildman–Crippen LogP) is 3.42. The van der Waals surface area contributed by atoms with Gasteiger partial charge < -0.3 is 0 Å². The van der Waals surface area contributed by atoms with Crippen molar-refractivity contribution in [1.82, 2.24) is 0 Å². The molecule has 12 heavy (non-hydrogen) atoms. The normalized spacial score (nSPS) is 13.7. The van der Waals surface area contributed by atoms with Crippen LogP contribution in [0.25, 0.3) is 0 Å². The highest BCUT2D eigenvalue weighted by Crippen LogP contribution is 1.97. The van der Waals surface area contributed by atoms with Crippen LogP contribution < -0.4 is 0 Å². The van der Waals surface area contributed by atoms with Gasteiger partial charge in [-0.05, 0) is 33.1 Å². The van der Waals surface area contributed by atoms with E-state index in [4.69, 9.17) is 0 Å². The van der Waals surface area contributed by atoms with E-state index in [-0.39, 0.29) is 0 Å². The summed E-state index contributed by atoms with van der Waals surface area (Å²) >= 11 is 0. The van der Waals surface area contributed by atoms with E-state index in [2.05, 4.69) is 24.1 Å². The van der Waals surface area contributed by atoms with E-state index in [1.54, 1.807) is 0 Å². The van der Waals surface area contributed by atoms with Crippen LogP contribution in [0, 0.1) is 0 Å². The van der Waals surface area contributed by atoms with Gasteiger partial charge in [-0.25, -0.2) is 0 Å². The number of nitrogens with zero attached hydrogens (tertiary/aromatic N) is 2. The van der Waals surface area contributed by atoms with E-state index in [0.717, 1.165) is 24.3 Å². The molecule has 0 aromatic rings. The minimum absolute atomic E-state index is 0.991. The standard InChI is InChI=1S/C10H20N2/c1-5-7-8-10(4)12-11-9(3)6-2/h5-8H2,1-4H3/b11-9+,12-10-. The van der Waals surface area contributed by atoms with Gasteiger partial charge in [-0.1, -0.05) is 20.3 Å². The summed E-state index contributed by atoms with van der Waals surface area (Å²) in [5.41, 5.74) is 2.25. The van der Waals surface area contributed by atoms with Gasteiger partial charge in [-0.2, -0.15) is 10.2 Å². The third kappa shape index (κ3) is 6.08. The zero-order valence-corrected chi connectivity index (χ0v) is 8.72. The van der Waals surface area contributed by atoms with Crippen molar-refractivity contribution in [1.29, 1.82) is 0 Å². The van der Waals surface area contributed by atoms with Crippen molar-refractivity contribution in [3.05, 3.63) is 0 Å². The largest absolute Gasteiger partial charge is 0.161 e. The number of hydrogen-bond acceptors (Lipinski definition) is 2. The Morgan fingerprint density at radius 2 is 1.58 bits per heavy atom. The molecule has 0 aliphatic carbocycles. The first-order valence-corrected chi connectivity index (χ1v) is 4.77. The van der Waals surface area contributed by atoms with Crippen LogP contribution >= 0.6 is 0 Å². The quantitative estimate of drug-likeness (QED) is 0.444. The molecule has 0 rings (SSSR count). The van der Waals surface area contributed by atoms with Crippen molar-refractivity contribution in [3.8, 4) is 0 Å². The van der Waals surface area contributed by atoms with Gasteiger partial charge in [-0.3, -0.25) is 0 Å². The second-order valence-electron chi connectivity index (χ2n) is 3.13. The average molecular weight is 168 g/mol. The molecule has 0 saturated carbocycles. The average Bonchev–Trinajstić information content (AvgIpc) is 2.10. The van der Waals surface area contributed by atoms with Gasteiger partial charge in [0.1, 0.15) is 0 Å². The summed E-state index contributed by atoms with van der Waals surface area (Å²) in [7, 11) is 0. The number of rotatable bonds is 5. The molecule has 0 unspecified atom stereocenters. The van der Waals surface area contributed by atoms with Gasteiger partial charge in [-0.15, -0.1) is 0 Å². The van der Waals surface area contributed by atoms with Crippen molar-refractivity contribution < 1.29 is 0 Å². The van der Waals surface area contributed by atoms with Gasteiger partial charge in [0.05, 0.1) is 0 Å². The van der Waals surface area contributed by atoms with E-state index < -0.39 is 0 Å². The molecule has 0 fully saturated rings. The first kappa shape index (κ1) is 11.3.